The number of hydrogen-bond acceptors (Lipinski definition) is 4. The van der Waals surface area contributed by atoms with Gasteiger partial charge in [0.2, 0.25) is 0 Å². The molecular formula is C28H32F2N4O3. The summed E-state index contributed by atoms with van der Waals surface area (Å²) in [5.41, 5.74) is 3.06. The number of rotatable bonds is 4. The van der Waals surface area contributed by atoms with Crippen LogP contribution < -0.4 is 5.32 Å². The molecule has 0 bridgehead atoms. The molecule has 196 valence electrons. The van der Waals surface area contributed by atoms with Crippen LogP contribution in [-0.2, 0) is 4.74 Å². The summed E-state index contributed by atoms with van der Waals surface area (Å²) in [6.07, 6.45) is 2.07. The lowest BCUT2D eigenvalue weighted by atomic mass is 9.90. The molecule has 3 aromatic rings. The smallest absolute Gasteiger partial charge is 0.410 e. The highest BCUT2D eigenvalue weighted by molar-refractivity contribution is 6.05. The van der Waals surface area contributed by atoms with Gasteiger partial charge in [0.05, 0.1) is 17.5 Å². The Morgan fingerprint density at radius 1 is 1.03 bits per heavy atom. The highest BCUT2D eigenvalue weighted by Gasteiger charge is 2.32. The van der Waals surface area contributed by atoms with E-state index in [1.165, 1.54) is 16.9 Å². The second kappa shape index (κ2) is 10.3. The molecule has 0 radical (unpaired) electrons. The van der Waals surface area contributed by atoms with Crippen molar-refractivity contribution in [2.75, 3.05) is 18.4 Å². The van der Waals surface area contributed by atoms with Crippen molar-refractivity contribution in [1.82, 2.24) is 14.7 Å². The molecule has 37 heavy (non-hydrogen) atoms. The fourth-order valence-electron chi connectivity index (χ4n) is 4.45. The summed E-state index contributed by atoms with van der Waals surface area (Å²) in [6.45, 7) is 10.2. The van der Waals surface area contributed by atoms with Crippen molar-refractivity contribution in [3.8, 4) is 5.69 Å². The third-order valence-corrected chi connectivity index (χ3v) is 6.49. The minimum absolute atomic E-state index is 0.0520. The third-order valence-electron chi connectivity index (χ3n) is 6.49. The zero-order chi connectivity index (χ0) is 26.9. The molecule has 0 unspecified atom stereocenters. The molecule has 2 heterocycles. The largest absolute Gasteiger partial charge is 0.444 e. The second-order valence-corrected chi connectivity index (χ2v) is 10.4. The first-order valence-electron chi connectivity index (χ1n) is 12.3. The molecule has 0 spiro atoms. The first kappa shape index (κ1) is 26.3. The maximum atomic E-state index is 14.8. The number of aryl methyl sites for hydroxylation is 2. The first-order valence-corrected chi connectivity index (χ1v) is 12.3. The van der Waals surface area contributed by atoms with Crippen molar-refractivity contribution in [2.45, 2.75) is 59.0 Å². The van der Waals surface area contributed by atoms with Gasteiger partial charge in [0.25, 0.3) is 5.91 Å². The Bertz CT molecular complexity index is 1320. The molecule has 1 fully saturated rings. The van der Waals surface area contributed by atoms with Crippen LogP contribution in [-0.4, -0.2) is 45.4 Å². The zero-order valence-electron chi connectivity index (χ0n) is 21.8. The van der Waals surface area contributed by atoms with Gasteiger partial charge in [-0.25, -0.2) is 18.3 Å². The summed E-state index contributed by atoms with van der Waals surface area (Å²) in [5, 5.41) is 7.25. The number of ether oxygens (including phenoxy) is 1. The quantitative estimate of drug-likeness (QED) is 0.458. The van der Waals surface area contributed by atoms with E-state index in [0.29, 0.717) is 42.9 Å². The van der Waals surface area contributed by atoms with Gasteiger partial charge in [-0.2, -0.15) is 5.10 Å². The van der Waals surface area contributed by atoms with Crippen LogP contribution in [0.25, 0.3) is 5.69 Å². The van der Waals surface area contributed by atoms with Crippen molar-refractivity contribution >= 4 is 17.7 Å². The van der Waals surface area contributed by atoms with E-state index in [-0.39, 0.29) is 17.5 Å². The Morgan fingerprint density at radius 2 is 1.73 bits per heavy atom. The maximum Gasteiger partial charge on any atom is 0.410 e. The Balaban J connectivity index is 1.65. The minimum atomic E-state index is -0.781. The van der Waals surface area contributed by atoms with Crippen LogP contribution in [0.1, 0.15) is 66.7 Å². The van der Waals surface area contributed by atoms with Gasteiger partial charge in [-0.1, -0.05) is 6.07 Å². The van der Waals surface area contributed by atoms with E-state index in [2.05, 4.69) is 10.4 Å². The van der Waals surface area contributed by atoms with E-state index in [1.54, 1.807) is 4.90 Å². The number of benzene rings is 2. The monoisotopic (exact) mass is 510 g/mol. The topological polar surface area (TPSA) is 76.5 Å². The van der Waals surface area contributed by atoms with E-state index in [1.807, 2.05) is 52.8 Å². The highest BCUT2D eigenvalue weighted by Crippen LogP contribution is 2.34. The van der Waals surface area contributed by atoms with Crippen molar-refractivity contribution in [2.24, 2.45) is 0 Å². The molecule has 1 N–H and O–H groups in total. The molecule has 7 nitrogen and oxygen atoms in total. The van der Waals surface area contributed by atoms with Gasteiger partial charge in [0.1, 0.15) is 17.1 Å². The number of aromatic nitrogens is 2. The number of halogens is 2. The number of amides is 2. The number of nitrogens with zero attached hydrogens (tertiary/aromatic N) is 3. The number of likely N-dealkylation sites (tertiary alicyclic amines) is 1. The summed E-state index contributed by atoms with van der Waals surface area (Å²) < 4.78 is 35.2. The molecule has 0 atom stereocenters. The number of nitrogens with one attached hydrogen (secondary N) is 1. The molecular weight excluding hydrogens is 478 g/mol. The highest BCUT2D eigenvalue weighted by atomic mass is 19.1. The predicted octanol–water partition coefficient (Wildman–Crippen LogP) is 6.13. The summed E-state index contributed by atoms with van der Waals surface area (Å²) in [4.78, 5) is 27.6. The standard InChI is InChI=1S/C28H32F2N4O3/c1-17-6-8-21(14-18(17)2)32-26(35)22-16-31-34(24-9-7-20(29)15-23(24)30)25(22)19-10-12-33(13-11-19)27(36)37-28(3,4)5/h6-9,14-16,19H,10-13H2,1-5H3,(H,32,35). The molecule has 1 aromatic heterocycles. The summed E-state index contributed by atoms with van der Waals surface area (Å²) in [6, 6.07) is 8.89. The summed E-state index contributed by atoms with van der Waals surface area (Å²) in [5.74, 6) is -2.04. The van der Waals surface area contributed by atoms with Gasteiger partial charge in [-0.3, -0.25) is 4.79 Å². The lowest BCUT2D eigenvalue weighted by Crippen LogP contribution is -2.41. The summed E-state index contributed by atoms with van der Waals surface area (Å²) in [7, 11) is 0. The fraction of sp³-hybridized carbons (Fsp3) is 0.393. The number of carbonyl (C=O) groups excluding carboxylic acids is 2. The molecule has 0 saturated carbocycles. The van der Waals surface area contributed by atoms with E-state index >= 15 is 0 Å². The van der Waals surface area contributed by atoms with Gasteiger partial charge in [0, 0.05) is 30.8 Å². The number of hydrogen-bond donors (Lipinski definition) is 1. The Morgan fingerprint density at radius 3 is 2.35 bits per heavy atom. The lowest BCUT2D eigenvalue weighted by Gasteiger charge is -2.34. The molecule has 2 amide bonds. The van der Waals surface area contributed by atoms with E-state index in [0.717, 1.165) is 23.3 Å². The number of piperidine rings is 1. The fourth-order valence-corrected chi connectivity index (χ4v) is 4.45. The van der Waals surface area contributed by atoms with Crippen LogP contribution >= 0.6 is 0 Å². The number of anilines is 1. The van der Waals surface area contributed by atoms with Crippen LogP contribution in [0, 0.1) is 25.5 Å². The van der Waals surface area contributed by atoms with E-state index < -0.39 is 23.3 Å². The van der Waals surface area contributed by atoms with Crippen LogP contribution in [0.4, 0.5) is 19.3 Å². The molecule has 4 rings (SSSR count). The van der Waals surface area contributed by atoms with Gasteiger partial charge in [-0.05, 0) is 82.9 Å². The average molecular weight is 511 g/mol. The third kappa shape index (κ3) is 5.98. The van der Waals surface area contributed by atoms with Gasteiger partial charge >= 0.3 is 6.09 Å². The van der Waals surface area contributed by atoms with Gasteiger partial charge in [-0.15, -0.1) is 0 Å². The van der Waals surface area contributed by atoms with Crippen LogP contribution in [0.5, 0.6) is 0 Å². The van der Waals surface area contributed by atoms with Crippen LogP contribution in [0.2, 0.25) is 0 Å². The van der Waals surface area contributed by atoms with Crippen molar-refractivity contribution in [1.29, 1.82) is 0 Å². The normalized spacial score (nSPS) is 14.5. The molecule has 0 aliphatic carbocycles. The Labute approximate surface area is 215 Å². The van der Waals surface area contributed by atoms with Gasteiger partial charge < -0.3 is 15.0 Å². The summed E-state index contributed by atoms with van der Waals surface area (Å²) >= 11 is 0. The molecule has 9 heteroatoms. The molecule has 1 aliphatic rings. The Kier molecular flexibility index (Phi) is 7.34. The maximum absolute atomic E-state index is 14.8. The SMILES string of the molecule is Cc1ccc(NC(=O)c2cnn(-c3ccc(F)cc3F)c2C2CCN(C(=O)OC(C)(C)C)CC2)cc1C. The average Bonchev–Trinajstić information content (AvgIpc) is 3.25. The van der Waals surface area contributed by atoms with E-state index in [4.69, 9.17) is 4.74 Å². The van der Waals surface area contributed by atoms with Crippen molar-refractivity contribution < 1.29 is 23.1 Å². The number of carbonyl (C=O) groups is 2. The van der Waals surface area contributed by atoms with E-state index in [9.17, 15) is 18.4 Å². The predicted molar refractivity (Wildman–Crippen MR) is 137 cm³/mol. The van der Waals surface area contributed by atoms with Gasteiger partial charge in [0.15, 0.2) is 5.82 Å². The lowest BCUT2D eigenvalue weighted by molar-refractivity contribution is 0.0203. The Hall–Kier alpha value is -3.75. The van der Waals surface area contributed by atoms with Crippen molar-refractivity contribution in [3.63, 3.8) is 0 Å². The first-order chi connectivity index (χ1) is 17.4. The molecule has 1 saturated heterocycles. The van der Waals surface area contributed by atoms with Crippen LogP contribution in [0.3, 0.4) is 0 Å². The second-order valence-electron chi connectivity index (χ2n) is 10.4. The minimum Gasteiger partial charge on any atom is -0.444 e. The zero-order valence-corrected chi connectivity index (χ0v) is 21.8. The molecule has 2 aromatic carbocycles. The van der Waals surface area contributed by atoms with Crippen molar-refractivity contribution in [3.05, 3.63) is 76.6 Å². The van der Waals surface area contributed by atoms with Crippen LogP contribution in [0.15, 0.2) is 42.6 Å². The molecule has 1 aliphatic heterocycles.